The molecule has 4 heterocycles. The maximum atomic E-state index is 6.49. The number of hydrogen-bond donors (Lipinski definition) is 0. The summed E-state index contributed by atoms with van der Waals surface area (Å²) >= 11 is 6.41. The molecular weight excluding hydrogens is 350 g/mol. The van der Waals surface area contributed by atoms with Gasteiger partial charge in [-0.05, 0) is 44.2 Å². The van der Waals surface area contributed by atoms with Crippen molar-refractivity contribution in [2.45, 2.75) is 32.2 Å². The van der Waals surface area contributed by atoms with Gasteiger partial charge in [0, 0.05) is 22.8 Å². The first-order valence-corrected chi connectivity index (χ1v) is 9.02. The van der Waals surface area contributed by atoms with Gasteiger partial charge in [-0.1, -0.05) is 17.7 Å². The minimum absolute atomic E-state index is 0.201. The number of hydrogen-bond acceptors (Lipinski definition) is 5. The summed E-state index contributed by atoms with van der Waals surface area (Å²) < 4.78 is 8.58. The summed E-state index contributed by atoms with van der Waals surface area (Å²) in [4.78, 5) is 6.96. The third kappa shape index (κ3) is 2.03. The molecule has 0 aliphatic carbocycles. The van der Waals surface area contributed by atoms with Crippen molar-refractivity contribution in [3.8, 4) is 5.69 Å². The zero-order chi connectivity index (χ0) is 17.9. The van der Waals surface area contributed by atoms with Crippen LogP contribution in [0.2, 0.25) is 5.02 Å². The van der Waals surface area contributed by atoms with Crippen molar-refractivity contribution in [2.75, 3.05) is 6.61 Å². The van der Waals surface area contributed by atoms with Gasteiger partial charge < -0.3 is 4.74 Å². The second-order valence-corrected chi connectivity index (χ2v) is 7.24. The van der Waals surface area contributed by atoms with Crippen LogP contribution in [-0.2, 0) is 17.0 Å². The molecule has 132 valence electrons. The number of aryl methyl sites for hydroxylation is 1. The number of benzene rings is 1. The van der Waals surface area contributed by atoms with Crippen molar-refractivity contribution in [1.29, 1.82) is 0 Å². The number of aromatic nitrogens is 4. The van der Waals surface area contributed by atoms with Crippen molar-refractivity contribution in [3.63, 3.8) is 0 Å². The Bertz CT molecular complexity index is 989. The Morgan fingerprint density at radius 1 is 1.23 bits per heavy atom. The molecule has 0 spiro atoms. The van der Waals surface area contributed by atoms with E-state index in [0.717, 1.165) is 28.6 Å². The molecule has 7 heteroatoms. The molecule has 1 saturated heterocycles. The largest absolute Gasteiger partial charge is 0.348 e. The van der Waals surface area contributed by atoms with Gasteiger partial charge in [0.15, 0.2) is 11.5 Å². The average molecular weight is 368 g/mol. The SMILES string of the molecule is Cc1nnc2n1-c1ccc(Cl)cc1C1(c3ccccn3)OCC(C)N1C2. The lowest BCUT2D eigenvalue weighted by Crippen LogP contribution is -2.45. The minimum atomic E-state index is -0.798. The summed E-state index contributed by atoms with van der Waals surface area (Å²) in [5, 5.41) is 9.38. The average Bonchev–Trinajstić information content (AvgIpc) is 3.14. The van der Waals surface area contributed by atoms with Crippen LogP contribution in [0.15, 0.2) is 42.6 Å². The van der Waals surface area contributed by atoms with Gasteiger partial charge in [-0.15, -0.1) is 10.2 Å². The minimum Gasteiger partial charge on any atom is -0.348 e. The number of rotatable bonds is 1. The van der Waals surface area contributed by atoms with E-state index in [4.69, 9.17) is 16.3 Å². The summed E-state index contributed by atoms with van der Waals surface area (Å²) in [5.74, 6) is 1.73. The third-order valence-electron chi connectivity index (χ3n) is 5.25. The molecule has 0 bridgehead atoms. The van der Waals surface area contributed by atoms with Gasteiger partial charge in [-0.3, -0.25) is 14.5 Å². The lowest BCUT2D eigenvalue weighted by molar-refractivity contribution is -0.0619. The Kier molecular flexibility index (Phi) is 3.44. The quantitative estimate of drug-likeness (QED) is 0.661. The van der Waals surface area contributed by atoms with Crippen LogP contribution in [0.3, 0.4) is 0 Å². The predicted octanol–water partition coefficient (Wildman–Crippen LogP) is 3.06. The van der Waals surface area contributed by atoms with Gasteiger partial charge in [-0.25, -0.2) is 0 Å². The van der Waals surface area contributed by atoms with Crippen LogP contribution in [0.5, 0.6) is 0 Å². The standard InChI is InChI=1S/C19H18ClN5O/c1-12-11-26-19(17-5-3-4-8-21-17)15-9-14(20)6-7-16(15)25-13(2)22-23-18(25)10-24(12)19/h3-9,12H,10-11H2,1-2H3. The highest BCUT2D eigenvalue weighted by Gasteiger charge is 2.53. The fourth-order valence-corrected chi connectivity index (χ4v) is 4.27. The number of pyridine rings is 1. The summed E-state index contributed by atoms with van der Waals surface area (Å²) in [6, 6.07) is 12.0. The second-order valence-electron chi connectivity index (χ2n) is 6.81. The first kappa shape index (κ1) is 15.9. The van der Waals surface area contributed by atoms with E-state index in [2.05, 4.69) is 31.6 Å². The first-order valence-electron chi connectivity index (χ1n) is 8.65. The second kappa shape index (κ2) is 5.61. The van der Waals surface area contributed by atoms with E-state index in [1.54, 1.807) is 6.20 Å². The zero-order valence-electron chi connectivity index (χ0n) is 14.6. The number of nitrogens with zero attached hydrogens (tertiary/aromatic N) is 5. The summed E-state index contributed by atoms with van der Waals surface area (Å²) in [5.41, 5.74) is 2.00. The number of halogens is 1. The van der Waals surface area contributed by atoms with Crippen molar-refractivity contribution >= 4 is 11.6 Å². The highest BCUT2D eigenvalue weighted by molar-refractivity contribution is 6.30. The van der Waals surface area contributed by atoms with Gasteiger partial charge >= 0.3 is 0 Å². The topological polar surface area (TPSA) is 56.1 Å². The van der Waals surface area contributed by atoms with Crippen LogP contribution >= 0.6 is 11.6 Å². The van der Waals surface area contributed by atoms with Gasteiger partial charge in [0.2, 0.25) is 0 Å². The molecule has 3 aromatic rings. The van der Waals surface area contributed by atoms with Gasteiger partial charge in [0.1, 0.15) is 5.82 Å². The molecular formula is C19H18ClN5O. The Balaban J connectivity index is 1.89. The van der Waals surface area contributed by atoms with E-state index in [1.165, 1.54) is 0 Å². The summed E-state index contributed by atoms with van der Waals surface area (Å²) in [6.45, 7) is 5.34. The Labute approximate surface area is 156 Å². The maximum Gasteiger partial charge on any atom is 0.193 e. The Hall–Kier alpha value is -2.28. The van der Waals surface area contributed by atoms with Crippen molar-refractivity contribution in [3.05, 3.63) is 70.5 Å². The lowest BCUT2D eigenvalue weighted by Gasteiger charge is -2.37. The summed E-state index contributed by atoms with van der Waals surface area (Å²) in [6.07, 6.45) is 1.80. The van der Waals surface area contributed by atoms with Gasteiger partial charge in [0.05, 0.1) is 24.5 Å². The van der Waals surface area contributed by atoms with Crippen LogP contribution in [0, 0.1) is 6.92 Å². The molecule has 6 nitrogen and oxygen atoms in total. The van der Waals surface area contributed by atoms with E-state index >= 15 is 0 Å². The fraction of sp³-hybridized carbons (Fsp3) is 0.316. The van der Waals surface area contributed by atoms with E-state index in [9.17, 15) is 0 Å². The normalized spacial score (nSPS) is 24.7. The van der Waals surface area contributed by atoms with Crippen molar-refractivity contribution in [2.24, 2.45) is 0 Å². The Morgan fingerprint density at radius 3 is 2.92 bits per heavy atom. The molecule has 2 atom stereocenters. The first-order chi connectivity index (χ1) is 12.6. The van der Waals surface area contributed by atoms with Crippen molar-refractivity contribution < 1.29 is 4.74 Å². The summed E-state index contributed by atoms with van der Waals surface area (Å²) in [7, 11) is 0. The Morgan fingerprint density at radius 2 is 2.12 bits per heavy atom. The van der Waals surface area contributed by atoms with E-state index in [1.807, 2.05) is 43.3 Å². The molecule has 1 fully saturated rings. The van der Waals surface area contributed by atoms with E-state index < -0.39 is 5.72 Å². The van der Waals surface area contributed by atoms with E-state index in [0.29, 0.717) is 18.2 Å². The molecule has 2 aromatic heterocycles. The van der Waals surface area contributed by atoms with Crippen LogP contribution < -0.4 is 0 Å². The van der Waals surface area contributed by atoms with Crippen LogP contribution in [0.4, 0.5) is 0 Å². The van der Waals surface area contributed by atoms with Gasteiger partial charge in [-0.2, -0.15) is 0 Å². The molecule has 1 aromatic carbocycles. The molecule has 0 saturated carbocycles. The molecule has 0 N–H and O–H groups in total. The molecule has 2 aliphatic heterocycles. The van der Waals surface area contributed by atoms with Crippen LogP contribution in [0.25, 0.3) is 5.69 Å². The monoisotopic (exact) mass is 367 g/mol. The van der Waals surface area contributed by atoms with Gasteiger partial charge in [0.25, 0.3) is 0 Å². The molecule has 2 aliphatic rings. The predicted molar refractivity (Wildman–Crippen MR) is 97.1 cm³/mol. The smallest absolute Gasteiger partial charge is 0.193 e. The lowest BCUT2D eigenvalue weighted by atomic mass is 9.95. The van der Waals surface area contributed by atoms with Crippen molar-refractivity contribution in [1.82, 2.24) is 24.6 Å². The number of ether oxygens (including phenoxy) is 1. The number of fused-ring (bicyclic) bond motifs is 5. The molecule has 2 unspecified atom stereocenters. The molecule has 5 rings (SSSR count). The van der Waals surface area contributed by atoms with Crippen LogP contribution in [-0.4, -0.2) is 37.3 Å². The fourth-order valence-electron chi connectivity index (χ4n) is 4.10. The highest BCUT2D eigenvalue weighted by atomic mass is 35.5. The van der Waals surface area contributed by atoms with E-state index in [-0.39, 0.29) is 6.04 Å². The maximum absolute atomic E-state index is 6.49. The molecule has 0 amide bonds. The van der Waals surface area contributed by atoms with Crippen LogP contribution in [0.1, 0.15) is 29.8 Å². The molecule has 0 radical (unpaired) electrons. The third-order valence-corrected chi connectivity index (χ3v) is 5.49. The zero-order valence-corrected chi connectivity index (χ0v) is 15.3. The molecule has 26 heavy (non-hydrogen) atoms. The highest BCUT2D eigenvalue weighted by Crippen LogP contribution is 2.47.